The molecule has 1 rings (SSSR count). The van der Waals surface area contributed by atoms with Crippen LogP contribution in [0.5, 0.6) is 0 Å². The molecule has 1 aromatic carbocycles. The van der Waals surface area contributed by atoms with Crippen LogP contribution in [0.3, 0.4) is 0 Å². The fraction of sp³-hybridized carbons (Fsp3) is 0.118. The van der Waals surface area contributed by atoms with Gasteiger partial charge in [0.05, 0.1) is 12.2 Å². The highest BCUT2D eigenvalue weighted by Gasteiger charge is 2.04. The van der Waals surface area contributed by atoms with E-state index in [0.717, 1.165) is 5.56 Å². The quantitative estimate of drug-likeness (QED) is 0.437. The monoisotopic (exact) mass is 254 g/mol. The molecule has 0 saturated carbocycles. The lowest BCUT2D eigenvalue weighted by molar-refractivity contribution is -0.138. The zero-order chi connectivity index (χ0) is 13.9. The van der Waals surface area contributed by atoms with Crippen LogP contribution in [0, 0.1) is 0 Å². The van der Waals surface area contributed by atoms with E-state index in [1.54, 1.807) is 31.2 Å². The molecule has 0 spiro atoms. The van der Waals surface area contributed by atoms with Crippen molar-refractivity contribution in [2.75, 3.05) is 6.61 Å². The molecule has 0 aliphatic rings. The van der Waals surface area contributed by atoms with Gasteiger partial charge in [-0.2, -0.15) is 0 Å². The third kappa shape index (κ3) is 5.68. The molecule has 0 atom stereocenters. The Morgan fingerprint density at radius 2 is 2.00 bits per heavy atom. The van der Waals surface area contributed by atoms with Crippen LogP contribution in [0.4, 0.5) is 0 Å². The molecule has 19 heavy (non-hydrogen) atoms. The summed E-state index contributed by atoms with van der Waals surface area (Å²) in [5.41, 5.74) is 1.57. The van der Waals surface area contributed by atoms with E-state index < -0.39 is 0 Å². The maximum atomic E-state index is 11.7. The van der Waals surface area contributed by atoms with Crippen molar-refractivity contribution < 1.29 is 9.53 Å². The second-order valence-corrected chi connectivity index (χ2v) is 3.71. The van der Waals surface area contributed by atoms with E-state index in [1.807, 2.05) is 42.5 Å². The van der Waals surface area contributed by atoms with Crippen LogP contribution < -0.4 is 0 Å². The molecule has 2 nitrogen and oxygen atoms in total. The predicted octanol–water partition coefficient (Wildman–Crippen LogP) is 3.93. The van der Waals surface area contributed by atoms with Crippen molar-refractivity contribution in [1.82, 2.24) is 0 Å². The van der Waals surface area contributed by atoms with E-state index in [0.29, 0.717) is 12.2 Å². The summed E-state index contributed by atoms with van der Waals surface area (Å²) in [6.45, 7) is 5.73. The van der Waals surface area contributed by atoms with Crippen molar-refractivity contribution in [2.45, 2.75) is 6.92 Å². The van der Waals surface area contributed by atoms with Gasteiger partial charge in [-0.25, -0.2) is 4.79 Å². The van der Waals surface area contributed by atoms with Crippen LogP contribution in [0.25, 0.3) is 6.08 Å². The topological polar surface area (TPSA) is 26.3 Å². The molecule has 0 saturated heterocycles. The molecule has 0 amide bonds. The van der Waals surface area contributed by atoms with Gasteiger partial charge in [-0.3, -0.25) is 0 Å². The first-order valence-electron chi connectivity index (χ1n) is 6.17. The maximum Gasteiger partial charge on any atom is 0.338 e. The number of esters is 1. The van der Waals surface area contributed by atoms with E-state index >= 15 is 0 Å². The van der Waals surface area contributed by atoms with Crippen molar-refractivity contribution in [3.05, 3.63) is 78.4 Å². The van der Waals surface area contributed by atoms with E-state index in [1.165, 1.54) is 0 Å². The zero-order valence-corrected chi connectivity index (χ0v) is 11.1. The predicted molar refractivity (Wildman–Crippen MR) is 79.5 cm³/mol. The summed E-state index contributed by atoms with van der Waals surface area (Å²) in [7, 11) is 0. The Labute approximate surface area is 114 Å². The summed E-state index contributed by atoms with van der Waals surface area (Å²) in [6.07, 6.45) is 10.5. The van der Waals surface area contributed by atoms with Crippen molar-refractivity contribution in [3.8, 4) is 0 Å². The fourth-order valence-electron chi connectivity index (χ4n) is 1.40. The van der Waals surface area contributed by atoms with Gasteiger partial charge in [-0.05, 0) is 24.6 Å². The minimum atomic E-state index is -0.335. The molecular formula is C17H18O2. The van der Waals surface area contributed by atoms with Gasteiger partial charge < -0.3 is 4.74 Å². The van der Waals surface area contributed by atoms with Crippen LogP contribution in [-0.2, 0) is 9.53 Å². The van der Waals surface area contributed by atoms with Gasteiger partial charge in [-0.15, -0.1) is 0 Å². The van der Waals surface area contributed by atoms with E-state index in [4.69, 9.17) is 4.74 Å². The van der Waals surface area contributed by atoms with Gasteiger partial charge in [0.1, 0.15) is 0 Å². The Balaban J connectivity index is 2.82. The van der Waals surface area contributed by atoms with Gasteiger partial charge in [0, 0.05) is 0 Å². The molecule has 0 aliphatic carbocycles. The SMILES string of the molecule is C=CC=CC(=CC=Cc1ccccc1)C(=O)OCC. The van der Waals surface area contributed by atoms with Crippen LogP contribution in [-0.4, -0.2) is 12.6 Å². The summed E-state index contributed by atoms with van der Waals surface area (Å²) < 4.78 is 4.98. The lowest BCUT2D eigenvalue weighted by Gasteiger charge is -2.00. The molecule has 0 radical (unpaired) electrons. The molecule has 0 fully saturated rings. The van der Waals surface area contributed by atoms with Crippen molar-refractivity contribution in [3.63, 3.8) is 0 Å². The number of rotatable bonds is 6. The maximum absolute atomic E-state index is 11.7. The van der Waals surface area contributed by atoms with Gasteiger partial charge in [0.2, 0.25) is 0 Å². The van der Waals surface area contributed by atoms with Crippen LogP contribution in [0.1, 0.15) is 12.5 Å². The second kappa shape index (κ2) is 8.70. The number of benzene rings is 1. The molecule has 0 heterocycles. The van der Waals surface area contributed by atoms with E-state index in [-0.39, 0.29) is 5.97 Å². The molecule has 1 aromatic rings. The van der Waals surface area contributed by atoms with E-state index in [9.17, 15) is 4.79 Å². The number of carbonyl (C=O) groups is 1. The van der Waals surface area contributed by atoms with Gasteiger partial charge in [0.15, 0.2) is 0 Å². The first-order valence-corrected chi connectivity index (χ1v) is 6.17. The number of carbonyl (C=O) groups excluding carboxylic acids is 1. The molecule has 0 unspecified atom stereocenters. The third-order valence-corrected chi connectivity index (χ3v) is 2.29. The standard InChI is InChI=1S/C17H18O2/c1-3-5-13-16(17(18)19-4-2)14-9-12-15-10-7-6-8-11-15/h3,5-14H,1,4H2,2H3. The van der Waals surface area contributed by atoms with Gasteiger partial charge in [0.25, 0.3) is 0 Å². The Morgan fingerprint density at radius 1 is 1.26 bits per heavy atom. The van der Waals surface area contributed by atoms with Crippen LogP contribution >= 0.6 is 0 Å². The van der Waals surface area contributed by atoms with Crippen molar-refractivity contribution >= 4 is 12.0 Å². The molecule has 2 heteroatoms. The summed E-state index contributed by atoms with van der Waals surface area (Å²) in [5, 5.41) is 0. The third-order valence-electron chi connectivity index (χ3n) is 2.29. The molecular weight excluding hydrogens is 236 g/mol. The molecule has 0 aliphatic heterocycles. The van der Waals surface area contributed by atoms with Crippen molar-refractivity contribution in [1.29, 1.82) is 0 Å². The van der Waals surface area contributed by atoms with Crippen molar-refractivity contribution in [2.24, 2.45) is 0 Å². The highest BCUT2D eigenvalue weighted by molar-refractivity contribution is 5.92. The summed E-state index contributed by atoms with van der Waals surface area (Å²) in [5.74, 6) is -0.335. The normalized spacial score (nSPS) is 11.9. The summed E-state index contributed by atoms with van der Waals surface area (Å²) in [6, 6.07) is 9.88. The summed E-state index contributed by atoms with van der Waals surface area (Å²) >= 11 is 0. The van der Waals surface area contributed by atoms with Crippen LogP contribution in [0.2, 0.25) is 0 Å². The molecule has 98 valence electrons. The Bertz CT molecular complexity index is 493. The lowest BCUT2D eigenvalue weighted by Crippen LogP contribution is -2.05. The number of hydrogen-bond acceptors (Lipinski definition) is 2. The zero-order valence-electron chi connectivity index (χ0n) is 11.1. The first-order chi connectivity index (χ1) is 9.27. The number of ether oxygens (including phenoxy) is 1. The smallest absolute Gasteiger partial charge is 0.338 e. The number of hydrogen-bond donors (Lipinski definition) is 0. The molecule has 0 bridgehead atoms. The second-order valence-electron chi connectivity index (χ2n) is 3.71. The largest absolute Gasteiger partial charge is 0.462 e. The Hall–Kier alpha value is -2.35. The van der Waals surface area contributed by atoms with E-state index in [2.05, 4.69) is 6.58 Å². The minimum Gasteiger partial charge on any atom is -0.462 e. The van der Waals surface area contributed by atoms with Crippen LogP contribution in [0.15, 0.2) is 72.9 Å². The highest BCUT2D eigenvalue weighted by atomic mass is 16.5. The average molecular weight is 254 g/mol. The first kappa shape index (κ1) is 14.7. The summed E-state index contributed by atoms with van der Waals surface area (Å²) in [4.78, 5) is 11.7. The molecule has 0 N–H and O–H groups in total. The number of allylic oxidation sites excluding steroid dienone is 4. The molecule has 0 aromatic heterocycles. The highest BCUT2D eigenvalue weighted by Crippen LogP contribution is 2.05. The van der Waals surface area contributed by atoms with Gasteiger partial charge >= 0.3 is 5.97 Å². The fourth-order valence-corrected chi connectivity index (χ4v) is 1.40. The Kier molecular flexibility index (Phi) is 6.73. The minimum absolute atomic E-state index is 0.335. The van der Waals surface area contributed by atoms with Gasteiger partial charge in [-0.1, -0.05) is 61.2 Å². The Morgan fingerprint density at radius 3 is 2.63 bits per heavy atom. The lowest BCUT2D eigenvalue weighted by atomic mass is 10.2. The average Bonchev–Trinajstić information content (AvgIpc) is 2.44.